The normalized spacial score (nSPS) is 11.5. The van der Waals surface area contributed by atoms with Crippen LogP contribution in [0.25, 0.3) is 0 Å². The van der Waals surface area contributed by atoms with Crippen LogP contribution in [0.5, 0.6) is 0 Å². The van der Waals surface area contributed by atoms with Crippen LogP contribution in [0.15, 0.2) is 5.03 Å². The minimum absolute atomic E-state index is 0.163. The van der Waals surface area contributed by atoms with Crippen LogP contribution in [-0.2, 0) is 0 Å². The molecule has 6 heteroatoms. The first kappa shape index (κ1) is 15.9. The zero-order valence-corrected chi connectivity index (χ0v) is 13.1. The Kier molecular flexibility index (Phi) is 4.92. The molecule has 1 heterocycles. The molecule has 0 saturated heterocycles. The number of aryl methyl sites for hydroxylation is 2. The second-order valence-electron chi connectivity index (χ2n) is 5.21. The molecule has 1 aromatic heterocycles. The SMILES string of the molecule is CSc1nc(C)nc(C)c1C(=O)N(C)CC(C)(C)O. The number of carbonyl (C=O) groups excluding carboxylic acids is 1. The number of thioether (sulfide) groups is 1. The van der Waals surface area contributed by atoms with Crippen molar-refractivity contribution < 1.29 is 9.90 Å². The molecule has 0 aliphatic rings. The van der Waals surface area contributed by atoms with Gasteiger partial charge < -0.3 is 10.0 Å². The third kappa shape index (κ3) is 4.18. The topological polar surface area (TPSA) is 66.3 Å². The molecule has 0 radical (unpaired) electrons. The largest absolute Gasteiger partial charge is 0.389 e. The van der Waals surface area contributed by atoms with Gasteiger partial charge in [0, 0.05) is 13.6 Å². The molecule has 0 aliphatic carbocycles. The number of aliphatic hydroxyl groups is 1. The van der Waals surface area contributed by atoms with Crippen LogP contribution in [0.3, 0.4) is 0 Å². The molecule has 0 unspecified atom stereocenters. The monoisotopic (exact) mass is 283 g/mol. The molecule has 0 saturated carbocycles. The van der Waals surface area contributed by atoms with Crippen molar-refractivity contribution in [1.29, 1.82) is 0 Å². The van der Waals surface area contributed by atoms with Gasteiger partial charge in [0.2, 0.25) is 0 Å². The number of amides is 1. The Hall–Kier alpha value is -1.14. The second kappa shape index (κ2) is 5.88. The predicted molar refractivity (Wildman–Crippen MR) is 76.5 cm³/mol. The molecule has 1 amide bonds. The van der Waals surface area contributed by atoms with Gasteiger partial charge in [-0.05, 0) is 34.0 Å². The van der Waals surface area contributed by atoms with Crippen LogP contribution < -0.4 is 0 Å². The molecule has 1 aromatic rings. The van der Waals surface area contributed by atoms with Gasteiger partial charge in [-0.2, -0.15) is 0 Å². The molecule has 0 fully saturated rings. The highest BCUT2D eigenvalue weighted by Crippen LogP contribution is 2.22. The summed E-state index contributed by atoms with van der Waals surface area (Å²) in [6, 6.07) is 0. The number of carbonyl (C=O) groups is 1. The Morgan fingerprint density at radius 3 is 2.42 bits per heavy atom. The van der Waals surface area contributed by atoms with E-state index in [0.717, 1.165) is 0 Å². The highest BCUT2D eigenvalue weighted by atomic mass is 32.2. The van der Waals surface area contributed by atoms with E-state index in [2.05, 4.69) is 9.97 Å². The molecule has 5 nitrogen and oxygen atoms in total. The first-order valence-corrected chi connectivity index (χ1v) is 7.25. The summed E-state index contributed by atoms with van der Waals surface area (Å²) in [5.74, 6) is 0.493. The average molecular weight is 283 g/mol. The van der Waals surface area contributed by atoms with E-state index in [0.29, 0.717) is 22.1 Å². The molecule has 0 spiro atoms. The molecule has 0 atom stereocenters. The smallest absolute Gasteiger partial charge is 0.258 e. The van der Waals surface area contributed by atoms with E-state index in [4.69, 9.17) is 0 Å². The van der Waals surface area contributed by atoms with Crippen molar-refractivity contribution in [2.24, 2.45) is 0 Å². The summed E-state index contributed by atoms with van der Waals surface area (Å²) in [6.45, 7) is 7.21. The maximum absolute atomic E-state index is 12.5. The van der Waals surface area contributed by atoms with Crippen molar-refractivity contribution >= 4 is 17.7 Å². The molecular weight excluding hydrogens is 262 g/mol. The van der Waals surface area contributed by atoms with Gasteiger partial charge in [0.25, 0.3) is 5.91 Å². The Morgan fingerprint density at radius 2 is 1.95 bits per heavy atom. The molecule has 1 N–H and O–H groups in total. The maximum Gasteiger partial charge on any atom is 0.258 e. The highest BCUT2D eigenvalue weighted by molar-refractivity contribution is 7.98. The Balaban J connectivity index is 3.12. The van der Waals surface area contributed by atoms with Crippen molar-refractivity contribution in [2.45, 2.75) is 38.3 Å². The van der Waals surface area contributed by atoms with E-state index in [1.807, 2.05) is 13.2 Å². The van der Waals surface area contributed by atoms with Crippen molar-refractivity contribution in [2.75, 3.05) is 19.8 Å². The Bertz CT molecular complexity index is 484. The first-order chi connectivity index (χ1) is 8.65. The highest BCUT2D eigenvalue weighted by Gasteiger charge is 2.24. The van der Waals surface area contributed by atoms with Crippen LogP contribution in [0, 0.1) is 13.8 Å². The zero-order valence-electron chi connectivity index (χ0n) is 12.3. The maximum atomic E-state index is 12.5. The lowest BCUT2D eigenvalue weighted by Crippen LogP contribution is -2.40. The second-order valence-corrected chi connectivity index (χ2v) is 6.01. The third-order valence-electron chi connectivity index (χ3n) is 2.55. The molecular formula is C13H21N3O2S. The molecule has 0 bridgehead atoms. The minimum atomic E-state index is -0.927. The summed E-state index contributed by atoms with van der Waals surface area (Å²) in [4.78, 5) is 22.5. The van der Waals surface area contributed by atoms with Crippen molar-refractivity contribution in [3.8, 4) is 0 Å². The third-order valence-corrected chi connectivity index (χ3v) is 3.23. The average Bonchev–Trinajstić information content (AvgIpc) is 2.24. The van der Waals surface area contributed by atoms with Crippen LogP contribution in [0.4, 0.5) is 0 Å². The lowest BCUT2D eigenvalue weighted by Gasteiger charge is -2.26. The van der Waals surface area contributed by atoms with Gasteiger partial charge in [0.05, 0.1) is 16.9 Å². The van der Waals surface area contributed by atoms with Crippen molar-refractivity contribution in [1.82, 2.24) is 14.9 Å². The first-order valence-electron chi connectivity index (χ1n) is 6.03. The van der Waals surface area contributed by atoms with Gasteiger partial charge >= 0.3 is 0 Å². The van der Waals surface area contributed by atoms with Crippen molar-refractivity contribution in [3.63, 3.8) is 0 Å². The van der Waals surface area contributed by atoms with E-state index in [1.165, 1.54) is 16.7 Å². The Labute approximate surface area is 118 Å². The van der Waals surface area contributed by atoms with Crippen LogP contribution >= 0.6 is 11.8 Å². The fourth-order valence-electron chi connectivity index (χ4n) is 1.92. The molecule has 19 heavy (non-hydrogen) atoms. The zero-order chi connectivity index (χ0) is 14.8. The van der Waals surface area contributed by atoms with E-state index >= 15 is 0 Å². The molecule has 106 valence electrons. The number of hydrogen-bond acceptors (Lipinski definition) is 5. The number of nitrogens with zero attached hydrogens (tertiary/aromatic N) is 3. The minimum Gasteiger partial charge on any atom is -0.389 e. The van der Waals surface area contributed by atoms with E-state index in [1.54, 1.807) is 27.8 Å². The standard InChI is InChI=1S/C13H21N3O2S/c1-8-10(11(19-6)15-9(2)14-8)12(17)16(5)7-13(3,4)18/h18H,7H2,1-6H3. The summed E-state index contributed by atoms with van der Waals surface area (Å²) in [5, 5.41) is 10.5. The van der Waals surface area contributed by atoms with Crippen LogP contribution in [0.2, 0.25) is 0 Å². The van der Waals surface area contributed by atoms with E-state index in [9.17, 15) is 9.90 Å². The van der Waals surface area contributed by atoms with E-state index < -0.39 is 5.60 Å². The summed E-state index contributed by atoms with van der Waals surface area (Å²) >= 11 is 1.43. The van der Waals surface area contributed by atoms with E-state index in [-0.39, 0.29) is 12.5 Å². The van der Waals surface area contributed by atoms with Gasteiger partial charge in [-0.25, -0.2) is 9.97 Å². The fourth-order valence-corrected chi connectivity index (χ4v) is 2.58. The quantitative estimate of drug-likeness (QED) is 0.672. The molecule has 0 aliphatic heterocycles. The number of hydrogen-bond donors (Lipinski definition) is 1. The van der Waals surface area contributed by atoms with Gasteiger partial charge in [-0.15, -0.1) is 11.8 Å². The van der Waals surface area contributed by atoms with Crippen LogP contribution in [0.1, 0.15) is 35.7 Å². The van der Waals surface area contributed by atoms with Crippen LogP contribution in [-0.4, -0.2) is 51.3 Å². The summed E-state index contributed by atoms with van der Waals surface area (Å²) in [5.41, 5.74) is 0.262. The van der Waals surface area contributed by atoms with Gasteiger partial charge in [-0.3, -0.25) is 4.79 Å². The lowest BCUT2D eigenvalue weighted by atomic mass is 10.1. The van der Waals surface area contributed by atoms with Crippen molar-refractivity contribution in [3.05, 3.63) is 17.1 Å². The fraction of sp³-hybridized carbons (Fsp3) is 0.615. The van der Waals surface area contributed by atoms with Gasteiger partial charge in [-0.1, -0.05) is 0 Å². The number of aromatic nitrogens is 2. The molecule has 1 rings (SSSR count). The summed E-state index contributed by atoms with van der Waals surface area (Å²) in [7, 11) is 1.67. The number of rotatable bonds is 4. The molecule has 0 aromatic carbocycles. The van der Waals surface area contributed by atoms with Gasteiger partial charge in [0.15, 0.2) is 0 Å². The lowest BCUT2D eigenvalue weighted by molar-refractivity contribution is 0.0365. The Morgan fingerprint density at radius 1 is 1.37 bits per heavy atom. The summed E-state index contributed by atoms with van der Waals surface area (Å²) < 4.78 is 0. The predicted octanol–water partition coefficient (Wildman–Crippen LogP) is 1.66. The number of likely N-dealkylation sites (N-methyl/N-ethyl adjacent to an activating group) is 1. The van der Waals surface area contributed by atoms with Gasteiger partial charge in [0.1, 0.15) is 10.9 Å². The summed E-state index contributed by atoms with van der Waals surface area (Å²) in [6.07, 6.45) is 1.88.